The van der Waals surface area contributed by atoms with Gasteiger partial charge in [-0.25, -0.2) is 0 Å². The van der Waals surface area contributed by atoms with E-state index in [9.17, 15) is 4.79 Å². The summed E-state index contributed by atoms with van der Waals surface area (Å²) < 4.78 is 4.88. The zero-order valence-corrected chi connectivity index (χ0v) is 10.7. The van der Waals surface area contributed by atoms with Crippen molar-refractivity contribution in [3.8, 4) is 0 Å². The van der Waals surface area contributed by atoms with E-state index < -0.39 is 5.92 Å². The van der Waals surface area contributed by atoms with Crippen molar-refractivity contribution < 1.29 is 9.53 Å². The molecule has 0 N–H and O–H groups in total. The zero-order chi connectivity index (χ0) is 13.0. The molecular weight excluding hydrogens is 248 g/mol. The number of halogens is 1. The first-order valence-corrected chi connectivity index (χ1v) is 5.98. The van der Waals surface area contributed by atoms with Gasteiger partial charge in [-0.05, 0) is 23.3 Å². The summed E-state index contributed by atoms with van der Waals surface area (Å²) in [5.74, 6) is -0.683. The molecular formula is C15H13ClO2. The van der Waals surface area contributed by atoms with Crippen molar-refractivity contribution in [1.82, 2.24) is 0 Å². The van der Waals surface area contributed by atoms with Crippen molar-refractivity contribution in [3.63, 3.8) is 0 Å². The summed E-state index contributed by atoms with van der Waals surface area (Å²) in [4.78, 5) is 11.9. The van der Waals surface area contributed by atoms with Crippen LogP contribution in [0.2, 0.25) is 5.02 Å². The molecule has 0 radical (unpaired) electrons. The van der Waals surface area contributed by atoms with Gasteiger partial charge in [-0.2, -0.15) is 0 Å². The van der Waals surface area contributed by atoms with Gasteiger partial charge in [0.25, 0.3) is 0 Å². The molecule has 0 unspecified atom stereocenters. The van der Waals surface area contributed by atoms with Crippen molar-refractivity contribution in [1.29, 1.82) is 0 Å². The highest BCUT2D eigenvalue weighted by molar-refractivity contribution is 6.30. The fraction of sp³-hybridized carbons (Fsp3) is 0.133. The van der Waals surface area contributed by atoms with Gasteiger partial charge in [0.2, 0.25) is 0 Å². The highest BCUT2D eigenvalue weighted by Gasteiger charge is 2.23. The van der Waals surface area contributed by atoms with Gasteiger partial charge in [-0.3, -0.25) is 4.79 Å². The summed E-state index contributed by atoms with van der Waals surface area (Å²) in [6.45, 7) is 0. The lowest BCUT2D eigenvalue weighted by molar-refractivity contribution is -0.141. The SMILES string of the molecule is COC(=O)[C@H](c1ccccc1)c1ccc(Cl)cc1. The van der Waals surface area contributed by atoms with Crippen LogP contribution in [0.3, 0.4) is 0 Å². The first-order chi connectivity index (χ1) is 8.72. The van der Waals surface area contributed by atoms with E-state index in [1.807, 2.05) is 42.5 Å². The minimum Gasteiger partial charge on any atom is -0.468 e. The van der Waals surface area contributed by atoms with Crippen molar-refractivity contribution in [2.45, 2.75) is 5.92 Å². The number of hydrogen-bond donors (Lipinski definition) is 0. The average Bonchev–Trinajstić information content (AvgIpc) is 2.42. The maximum atomic E-state index is 11.9. The monoisotopic (exact) mass is 260 g/mol. The molecule has 0 heterocycles. The number of benzene rings is 2. The normalized spacial score (nSPS) is 11.9. The quantitative estimate of drug-likeness (QED) is 0.788. The molecule has 0 aliphatic rings. The van der Waals surface area contributed by atoms with E-state index in [1.165, 1.54) is 7.11 Å². The van der Waals surface area contributed by atoms with Crippen molar-refractivity contribution in [2.75, 3.05) is 7.11 Å². The third kappa shape index (κ3) is 2.71. The third-order valence-corrected chi connectivity index (χ3v) is 3.03. The fourth-order valence-electron chi connectivity index (χ4n) is 1.88. The second-order valence-corrected chi connectivity index (χ2v) is 4.35. The molecule has 2 aromatic rings. The number of hydrogen-bond acceptors (Lipinski definition) is 2. The Morgan fingerprint density at radius 1 is 1.00 bits per heavy atom. The van der Waals surface area contributed by atoms with Crippen LogP contribution in [0.5, 0.6) is 0 Å². The second kappa shape index (κ2) is 5.69. The van der Waals surface area contributed by atoms with Crippen LogP contribution < -0.4 is 0 Å². The minimum absolute atomic E-state index is 0.275. The van der Waals surface area contributed by atoms with Crippen LogP contribution in [0.15, 0.2) is 54.6 Å². The highest BCUT2D eigenvalue weighted by atomic mass is 35.5. The van der Waals surface area contributed by atoms with Gasteiger partial charge in [-0.1, -0.05) is 54.1 Å². The molecule has 0 bridgehead atoms. The lowest BCUT2D eigenvalue weighted by Gasteiger charge is -2.15. The molecule has 0 saturated carbocycles. The Bertz CT molecular complexity index is 520. The number of methoxy groups -OCH3 is 1. The number of rotatable bonds is 3. The molecule has 2 nitrogen and oxygen atoms in total. The topological polar surface area (TPSA) is 26.3 Å². The number of carbonyl (C=O) groups excluding carboxylic acids is 1. The number of carbonyl (C=O) groups is 1. The molecule has 0 spiro atoms. The Kier molecular flexibility index (Phi) is 4.00. The van der Waals surface area contributed by atoms with Crippen LogP contribution in [0.4, 0.5) is 0 Å². The Balaban J connectivity index is 2.43. The number of esters is 1. The molecule has 0 aromatic heterocycles. The first-order valence-electron chi connectivity index (χ1n) is 5.60. The Morgan fingerprint density at radius 2 is 1.56 bits per heavy atom. The summed E-state index contributed by atoms with van der Waals surface area (Å²) >= 11 is 5.86. The molecule has 0 amide bonds. The maximum Gasteiger partial charge on any atom is 0.317 e. The lowest BCUT2D eigenvalue weighted by Crippen LogP contribution is -2.15. The van der Waals surface area contributed by atoms with Gasteiger partial charge >= 0.3 is 5.97 Å². The maximum absolute atomic E-state index is 11.9. The van der Waals surface area contributed by atoms with Gasteiger partial charge in [0.15, 0.2) is 0 Å². The molecule has 2 aromatic carbocycles. The molecule has 18 heavy (non-hydrogen) atoms. The second-order valence-electron chi connectivity index (χ2n) is 3.92. The van der Waals surface area contributed by atoms with Crippen LogP contribution in [-0.4, -0.2) is 13.1 Å². The van der Waals surface area contributed by atoms with Crippen LogP contribution in [0, 0.1) is 0 Å². The Hall–Kier alpha value is -1.80. The van der Waals surface area contributed by atoms with Crippen molar-refractivity contribution in [3.05, 3.63) is 70.7 Å². The summed E-state index contributed by atoms with van der Waals surface area (Å²) in [6, 6.07) is 16.8. The lowest BCUT2D eigenvalue weighted by atomic mass is 9.91. The van der Waals surface area contributed by atoms with Crippen LogP contribution in [0.1, 0.15) is 17.0 Å². The summed E-state index contributed by atoms with van der Waals surface area (Å²) in [6.07, 6.45) is 0. The molecule has 0 aliphatic heterocycles. The van der Waals surface area contributed by atoms with E-state index in [1.54, 1.807) is 12.1 Å². The van der Waals surface area contributed by atoms with Gasteiger partial charge in [0.05, 0.1) is 7.11 Å². The van der Waals surface area contributed by atoms with Gasteiger partial charge in [0.1, 0.15) is 5.92 Å². The Morgan fingerprint density at radius 3 is 2.11 bits per heavy atom. The van der Waals surface area contributed by atoms with E-state index in [0.717, 1.165) is 11.1 Å². The number of ether oxygens (including phenoxy) is 1. The summed E-state index contributed by atoms with van der Waals surface area (Å²) in [5.41, 5.74) is 1.78. The smallest absolute Gasteiger partial charge is 0.317 e. The molecule has 0 saturated heterocycles. The largest absolute Gasteiger partial charge is 0.468 e. The summed E-state index contributed by atoms with van der Waals surface area (Å²) in [7, 11) is 1.40. The van der Waals surface area contributed by atoms with E-state index in [0.29, 0.717) is 5.02 Å². The van der Waals surface area contributed by atoms with Crippen molar-refractivity contribution >= 4 is 17.6 Å². The van der Waals surface area contributed by atoms with Crippen LogP contribution in [0.25, 0.3) is 0 Å². The van der Waals surface area contributed by atoms with Crippen molar-refractivity contribution in [2.24, 2.45) is 0 Å². The summed E-state index contributed by atoms with van der Waals surface area (Å²) in [5, 5.41) is 0.649. The average molecular weight is 261 g/mol. The Labute approximate surface area is 111 Å². The first kappa shape index (κ1) is 12.7. The third-order valence-electron chi connectivity index (χ3n) is 2.77. The standard InChI is InChI=1S/C15H13ClO2/c1-18-15(17)14(11-5-3-2-4-6-11)12-7-9-13(16)10-8-12/h2-10,14H,1H3/t14-/m1/s1. The molecule has 0 fully saturated rings. The van der Waals surface area contributed by atoms with E-state index in [-0.39, 0.29) is 5.97 Å². The van der Waals surface area contributed by atoms with Crippen LogP contribution >= 0.6 is 11.6 Å². The van der Waals surface area contributed by atoms with E-state index in [4.69, 9.17) is 16.3 Å². The molecule has 92 valence electrons. The fourth-order valence-corrected chi connectivity index (χ4v) is 2.01. The predicted octanol–water partition coefficient (Wildman–Crippen LogP) is 3.64. The molecule has 2 rings (SSSR count). The molecule has 3 heteroatoms. The zero-order valence-electron chi connectivity index (χ0n) is 9.97. The molecule has 0 aliphatic carbocycles. The molecule has 1 atom stereocenters. The van der Waals surface area contributed by atoms with E-state index >= 15 is 0 Å². The predicted molar refractivity (Wildman–Crippen MR) is 71.8 cm³/mol. The van der Waals surface area contributed by atoms with Gasteiger partial charge in [0, 0.05) is 5.02 Å². The van der Waals surface area contributed by atoms with E-state index in [2.05, 4.69) is 0 Å². The van der Waals surface area contributed by atoms with Gasteiger partial charge < -0.3 is 4.74 Å². The van der Waals surface area contributed by atoms with Crippen LogP contribution in [-0.2, 0) is 9.53 Å². The minimum atomic E-state index is -0.409. The highest BCUT2D eigenvalue weighted by Crippen LogP contribution is 2.26. The van der Waals surface area contributed by atoms with Gasteiger partial charge in [-0.15, -0.1) is 0 Å².